The number of hydrogen-bond acceptors (Lipinski definition) is 5. The average molecular weight is 218 g/mol. The van der Waals surface area contributed by atoms with Crippen molar-refractivity contribution in [1.82, 2.24) is 10.2 Å². The van der Waals surface area contributed by atoms with Crippen LogP contribution in [-0.4, -0.2) is 64.9 Å². The molecule has 0 aromatic heterocycles. The van der Waals surface area contributed by atoms with Crippen molar-refractivity contribution < 1.29 is 14.3 Å². The summed E-state index contributed by atoms with van der Waals surface area (Å²) in [7, 11) is 5.14. The second-order valence-corrected chi connectivity index (χ2v) is 3.37. The van der Waals surface area contributed by atoms with Crippen LogP contribution in [0.1, 0.15) is 6.42 Å². The third kappa shape index (κ3) is 9.65. The molecule has 15 heavy (non-hydrogen) atoms. The molecule has 1 N–H and O–H groups in total. The Hall–Kier alpha value is -0.650. The van der Waals surface area contributed by atoms with Crippen LogP contribution < -0.4 is 5.32 Å². The molecule has 0 aliphatic rings. The predicted molar refractivity (Wildman–Crippen MR) is 58.9 cm³/mol. The summed E-state index contributed by atoms with van der Waals surface area (Å²) in [4.78, 5) is 12.9. The van der Waals surface area contributed by atoms with E-state index in [-0.39, 0.29) is 5.97 Å². The Balaban J connectivity index is 3.19. The highest BCUT2D eigenvalue weighted by Crippen LogP contribution is 1.83. The van der Waals surface area contributed by atoms with Crippen LogP contribution in [0.4, 0.5) is 0 Å². The van der Waals surface area contributed by atoms with Crippen molar-refractivity contribution in [1.29, 1.82) is 0 Å². The lowest BCUT2D eigenvalue weighted by atomic mass is 10.4. The van der Waals surface area contributed by atoms with Gasteiger partial charge in [-0.25, -0.2) is 0 Å². The van der Waals surface area contributed by atoms with Gasteiger partial charge in [-0.1, -0.05) is 0 Å². The van der Waals surface area contributed by atoms with Crippen molar-refractivity contribution in [2.24, 2.45) is 0 Å². The Labute approximate surface area is 91.7 Å². The Kier molecular flexibility index (Phi) is 9.46. The normalized spacial score (nSPS) is 10.7. The zero-order chi connectivity index (χ0) is 11.5. The number of hydrogen-bond donors (Lipinski definition) is 1. The van der Waals surface area contributed by atoms with Crippen molar-refractivity contribution in [2.45, 2.75) is 6.42 Å². The van der Waals surface area contributed by atoms with E-state index in [4.69, 9.17) is 4.74 Å². The molecular formula is C10H22N2O3. The van der Waals surface area contributed by atoms with E-state index in [1.165, 1.54) is 7.11 Å². The van der Waals surface area contributed by atoms with Crippen molar-refractivity contribution in [3.05, 3.63) is 0 Å². The van der Waals surface area contributed by atoms with E-state index in [9.17, 15) is 4.79 Å². The minimum atomic E-state index is -0.171. The number of likely N-dealkylation sites (N-methyl/N-ethyl adjacent to an activating group) is 1. The molecule has 0 aliphatic carbocycles. The fourth-order valence-electron chi connectivity index (χ4n) is 1.05. The second kappa shape index (κ2) is 9.89. The van der Waals surface area contributed by atoms with Crippen LogP contribution in [0.15, 0.2) is 0 Å². The lowest BCUT2D eigenvalue weighted by Gasteiger charge is -2.15. The molecule has 0 spiro atoms. The molecule has 0 radical (unpaired) electrons. The lowest BCUT2D eigenvalue weighted by Crippen LogP contribution is -2.32. The van der Waals surface area contributed by atoms with Crippen LogP contribution in [0.25, 0.3) is 0 Å². The highest BCUT2D eigenvalue weighted by molar-refractivity contribution is 5.69. The zero-order valence-electron chi connectivity index (χ0n) is 9.91. The molecule has 0 fully saturated rings. The molecule has 0 saturated carbocycles. The SMILES string of the molecule is COCCN(C)CCNCCC(=O)OC. The number of ether oxygens (including phenoxy) is 2. The van der Waals surface area contributed by atoms with Gasteiger partial charge in [0.1, 0.15) is 0 Å². The molecule has 0 aliphatic heterocycles. The summed E-state index contributed by atoms with van der Waals surface area (Å²) in [5, 5.41) is 3.17. The first-order valence-corrected chi connectivity index (χ1v) is 5.15. The Morgan fingerprint density at radius 3 is 2.60 bits per heavy atom. The monoisotopic (exact) mass is 218 g/mol. The first kappa shape index (κ1) is 14.3. The maximum absolute atomic E-state index is 10.8. The minimum Gasteiger partial charge on any atom is -0.469 e. The van der Waals surface area contributed by atoms with Gasteiger partial charge >= 0.3 is 5.97 Å². The van der Waals surface area contributed by atoms with Gasteiger partial charge in [-0.15, -0.1) is 0 Å². The van der Waals surface area contributed by atoms with Crippen LogP contribution >= 0.6 is 0 Å². The van der Waals surface area contributed by atoms with E-state index in [1.54, 1.807) is 7.11 Å². The molecule has 0 aromatic carbocycles. The summed E-state index contributed by atoms with van der Waals surface area (Å²) in [5.74, 6) is -0.171. The van der Waals surface area contributed by atoms with Gasteiger partial charge in [0.15, 0.2) is 0 Å². The van der Waals surface area contributed by atoms with Crippen LogP contribution in [0.5, 0.6) is 0 Å². The van der Waals surface area contributed by atoms with Crippen LogP contribution in [0, 0.1) is 0 Å². The minimum absolute atomic E-state index is 0.171. The lowest BCUT2D eigenvalue weighted by molar-refractivity contribution is -0.140. The van der Waals surface area contributed by atoms with Crippen LogP contribution in [0.3, 0.4) is 0 Å². The number of esters is 1. The van der Waals surface area contributed by atoms with E-state index >= 15 is 0 Å². The topological polar surface area (TPSA) is 50.8 Å². The maximum atomic E-state index is 10.8. The highest BCUT2D eigenvalue weighted by atomic mass is 16.5. The summed E-state index contributed by atoms with van der Waals surface area (Å²) in [6.07, 6.45) is 0.429. The van der Waals surface area contributed by atoms with Crippen molar-refractivity contribution in [3.63, 3.8) is 0 Å². The number of carbonyl (C=O) groups excluding carboxylic acids is 1. The Morgan fingerprint density at radius 1 is 1.27 bits per heavy atom. The predicted octanol–water partition coefficient (Wildman–Crippen LogP) is -0.283. The van der Waals surface area contributed by atoms with E-state index in [0.717, 1.165) is 26.2 Å². The van der Waals surface area contributed by atoms with E-state index in [2.05, 4.69) is 15.0 Å². The fraction of sp³-hybridized carbons (Fsp3) is 0.900. The number of rotatable bonds is 9. The van der Waals surface area contributed by atoms with Gasteiger partial charge in [0.2, 0.25) is 0 Å². The van der Waals surface area contributed by atoms with E-state index < -0.39 is 0 Å². The second-order valence-electron chi connectivity index (χ2n) is 3.37. The molecule has 0 heterocycles. The zero-order valence-corrected chi connectivity index (χ0v) is 9.91. The van der Waals surface area contributed by atoms with E-state index in [0.29, 0.717) is 13.0 Å². The number of nitrogens with zero attached hydrogens (tertiary/aromatic N) is 1. The molecule has 0 amide bonds. The number of carbonyl (C=O) groups is 1. The van der Waals surface area contributed by atoms with Crippen LogP contribution in [-0.2, 0) is 14.3 Å². The first-order valence-electron chi connectivity index (χ1n) is 5.15. The number of methoxy groups -OCH3 is 2. The molecule has 0 bridgehead atoms. The third-order valence-electron chi connectivity index (χ3n) is 2.08. The molecule has 0 unspecified atom stereocenters. The van der Waals surface area contributed by atoms with Gasteiger partial charge in [0, 0.05) is 33.3 Å². The molecule has 0 rings (SSSR count). The Bertz CT molecular complexity index is 165. The molecule has 90 valence electrons. The Morgan fingerprint density at radius 2 is 2.00 bits per heavy atom. The summed E-state index contributed by atoms with van der Waals surface area (Å²) in [6, 6.07) is 0. The molecular weight excluding hydrogens is 196 g/mol. The van der Waals surface area contributed by atoms with Gasteiger partial charge in [-0.2, -0.15) is 0 Å². The highest BCUT2D eigenvalue weighted by Gasteiger charge is 1.99. The quantitative estimate of drug-likeness (QED) is 0.426. The van der Waals surface area contributed by atoms with Gasteiger partial charge in [-0.05, 0) is 7.05 Å². The standard InChI is InChI=1S/C10H22N2O3/c1-12(8-9-14-2)7-6-11-5-4-10(13)15-3/h11H,4-9H2,1-3H3. The molecule has 5 nitrogen and oxygen atoms in total. The fourth-order valence-corrected chi connectivity index (χ4v) is 1.05. The maximum Gasteiger partial charge on any atom is 0.306 e. The van der Waals surface area contributed by atoms with E-state index in [1.807, 2.05) is 7.05 Å². The molecule has 0 atom stereocenters. The van der Waals surface area contributed by atoms with Crippen LogP contribution in [0.2, 0.25) is 0 Å². The number of nitrogens with one attached hydrogen (secondary N) is 1. The largest absolute Gasteiger partial charge is 0.469 e. The first-order chi connectivity index (χ1) is 7.20. The summed E-state index contributed by atoms with van der Waals surface area (Å²) in [5.41, 5.74) is 0. The van der Waals surface area contributed by atoms with Gasteiger partial charge in [0.05, 0.1) is 20.1 Å². The van der Waals surface area contributed by atoms with Crippen molar-refractivity contribution >= 4 is 5.97 Å². The van der Waals surface area contributed by atoms with Crippen molar-refractivity contribution in [2.75, 3.05) is 54.1 Å². The third-order valence-corrected chi connectivity index (χ3v) is 2.08. The smallest absolute Gasteiger partial charge is 0.306 e. The summed E-state index contributed by atoms with van der Waals surface area (Å²) < 4.78 is 9.49. The van der Waals surface area contributed by atoms with Gasteiger partial charge < -0.3 is 19.7 Å². The van der Waals surface area contributed by atoms with Gasteiger partial charge in [0.25, 0.3) is 0 Å². The summed E-state index contributed by atoms with van der Waals surface area (Å²) in [6.45, 7) is 4.17. The summed E-state index contributed by atoms with van der Waals surface area (Å²) >= 11 is 0. The molecule has 0 aromatic rings. The van der Waals surface area contributed by atoms with Crippen molar-refractivity contribution in [3.8, 4) is 0 Å². The average Bonchev–Trinajstić information content (AvgIpc) is 2.25. The molecule has 5 heteroatoms. The molecule has 0 saturated heterocycles. The van der Waals surface area contributed by atoms with Gasteiger partial charge in [-0.3, -0.25) is 4.79 Å².